The minimum absolute atomic E-state index is 0.0988. The molecule has 1 fully saturated rings. The summed E-state index contributed by atoms with van der Waals surface area (Å²) in [7, 11) is 3.21. The lowest BCUT2D eigenvalue weighted by Gasteiger charge is -2.17. The quantitative estimate of drug-likeness (QED) is 0.460. The van der Waals surface area contributed by atoms with E-state index in [0.717, 1.165) is 11.3 Å². The van der Waals surface area contributed by atoms with E-state index in [0.29, 0.717) is 21.6 Å². The van der Waals surface area contributed by atoms with Gasteiger partial charge in [0.2, 0.25) is 11.8 Å². The van der Waals surface area contributed by atoms with Crippen LogP contribution in [0, 0.1) is 6.92 Å². The van der Waals surface area contributed by atoms with Gasteiger partial charge in [0.1, 0.15) is 11.0 Å². The minimum atomic E-state index is -0.562. The van der Waals surface area contributed by atoms with Crippen LogP contribution in [0.3, 0.4) is 0 Å². The van der Waals surface area contributed by atoms with E-state index in [4.69, 9.17) is 16.3 Å². The van der Waals surface area contributed by atoms with Gasteiger partial charge in [-0.3, -0.25) is 14.6 Å². The summed E-state index contributed by atoms with van der Waals surface area (Å²) >= 11 is 7.38. The number of nitrogens with zero attached hydrogens (tertiary/aromatic N) is 2. The number of hydrogen-bond donors (Lipinski definition) is 1. The van der Waals surface area contributed by atoms with Crippen molar-refractivity contribution >= 4 is 51.7 Å². The first-order valence-electron chi connectivity index (χ1n) is 8.61. The first kappa shape index (κ1) is 20.2. The number of aryl methyl sites for hydroxylation is 1. The highest BCUT2D eigenvalue weighted by Crippen LogP contribution is 2.33. The number of nitrogens with one attached hydrogen (secondary N) is 1. The van der Waals surface area contributed by atoms with E-state index in [1.807, 2.05) is 31.2 Å². The molecule has 2 amide bonds. The topological polar surface area (TPSA) is 71.0 Å². The molecule has 146 valence electrons. The summed E-state index contributed by atoms with van der Waals surface area (Å²) in [4.78, 5) is 30.8. The molecule has 1 heterocycles. The Morgan fingerprint density at radius 1 is 1.29 bits per heavy atom. The number of halogens is 1. The molecule has 1 atom stereocenters. The van der Waals surface area contributed by atoms with Crippen molar-refractivity contribution in [3.05, 3.63) is 53.1 Å². The molecule has 1 aliphatic rings. The Labute approximate surface area is 172 Å². The average molecular weight is 418 g/mol. The van der Waals surface area contributed by atoms with Crippen LogP contribution in [0.1, 0.15) is 12.0 Å². The predicted molar refractivity (Wildman–Crippen MR) is 115 cm³/mol. The molecule has 6 nitrogen and oxygen atoms in total. The van der Waals surface area contributed by atoms with E-state index in [-0.39, 0.29) is 18.2 Å². The third-order valence-electron chi connectivity index (χ3n) is 4.32. The van der Waals surface area contributed by atoms with Crippen LogP contribution in [-0.4, -0.2) is 36.4 Å². The fourth-order valence-electron chi connectivity index (χ4n) is 2.82. The van der Waals surface area contributed by atoms with Gasteiger partial charge in [0.15, 0.2) is 5.17 Å². The number of imide groups is 1. The number of benzene rings is 2. The predicted octanol–water partition coefficient (Wildman–Crippen LogP) is 4.12. The highest BCUT2D eigenvalue weighted by Gasteiger charge is 2.41. The molecule has 2 aromatic carbocycles. The van der Waals surface area contributed by atoms with Crippen LogP contribution in [0.15, 0.2) is 47.5 Å². The minimum Gasteiger partial charge on any atom is -0.495 e. The SMILES string of the molecule is CN=C(Nc1ccccc1OC)SC1CC(=O)N(c2ccc(C)c(Cl)c2)C1=O. The van der Waals surface area contributed by atoms with Gasteiger partial charge in [-0.1, -0.05) is 41.6 Å². The van der Waals surface area contributed by atoms with Gasteiger partial charge in [0, 0.05) is 18.5 Å². The van der Waals surface area contributed by atoms with Crippen molar-refractivity contribution in [2.75, 3.05) is 24.4 Å². The molecule has 0 saturated carbocycles. The first-order chi connectivity index (χ1) is 13.4. The van der Waals surface area contributed by atoms with E-state index in [9.17, 15) is 9.59 Å². The molecule has 1 aliphatic heterocycles. The second kappa shape index (κ2) is 8.67. The van der Waals surface area contributed by atoms with E-state index < -0.39 is 5.25 Å². The van der Waals surface area contributed by atoms with Gasteiger partial charge in [0.05, 0.1) is 18.5 Å². The van der Waals surface area contributed by atoms with E-state index in [1.54, 1.807) is 32.4 Å². The summed E-state index contributed by atoms with van der Waals surface area (Å²) < 4.78 is 5.33. The molecule has 3 rings (SSSR count). The number of thioether (sulfide) groups is 1. The van der Waals surface area contributed by atoms with Crippen LogP contribution in [0.4, 0.5) is 11.4 Å². The zero-order valence-electron chi connectivity index (χ0n) is 15.7. The molecule has 0 radical (unpaired) electrons. The number of para-hydroxylation sites is 2. The van der Waals surface area contributed by atoms with E-state index in [1.165, 1.54) is 16.7 Å². The van der Waals surface area contributed by atoms with Crippen LogP contribution >= 0.6 is 23.4 Å². The van der Waals surface area contributed by atoms with Crippen molar-refractivity contribution < 1.29 is 14.3 Å². The third kappa shape index (κ3) is 4.15. The molecule has 1 unspecified atom stereocenters. The number of rotatable bonds is 4. The summed E-state index contributed by atoms with van der Waals surface area (Å²) in [6.07, 6.45) is 0.0988. The highest BCUT2D eigenvalue weighted by atomic mass is 35.5. The molecule has 8 heteroatoms. The fraction of sp³-hybridized carbons (Fsp3) is 0.250. The second-order valence-corrected chi connectivity index (χ2v) is 7.76. The van der Waals surface area contributed by atoms with Gasteiger partial charge in [-0.15, -0.1) is 0 Å². The molecule has 0 spiro atoms. The maximum Gasteiger partial charge on any atom is 0.247 e. The summed E-state index contributed by atoms with van der Waals surface area (Å²) in [6, 6.07) is 12.6. The number of hydrogen-bond acceptors (Lipinski definition) is 5. The number of carbonyl (C=O) groups is 2. The van der Waals surface area contributed by atoms with Gasteiger partial charge in [-0.05, 0) is 36.8 Å². The van der Waals surface area contributed by atoms with Crippen molar-refractivity contribution in [3.63, 3.8) is 0 Å². The molecular formula is C20H20ClN3O3S. The van der Waals surface area contributed by atoms with Crippen LogP contribution in [0.25, 0.3) is 0 Å². The lowest BCUT2D eigenvalue weighted by Crippen LogP contribution is -2.31. The number of carbonyl (C=O) groups excluding carboxylic acids is 2. The molecule has 0 aromatic heterocycles. The van der Waals surface area contributed by atoms with Gasteiger partial charge in [0.25, 0.3) is 0 Å². The number of anilines is 2. The summed E-state index contributed by atoms with van der Waals surface area (Å²) in [5.41, 5.74) is 2.11. The number of ether oxygens (including phenoxy) is 1. The van der Waals surface area contributed by atoms with E-state index in [2.05, 4.69) is 10.3 Å². The number of amides is 2. The van der Waals surface area contributed by atoms with E-state index >= 15 is 0 Å². The lowest BCUT2D eigenvalue weighted by molar-refractivity contribution is -0.121. The Morgan fingerprint density at radius 3 is 2.71 bits per heavy atom. The lowest BCUT2D eigenvalue weighted by atomic mass is 10.2. The van der Waals surface area contributed by atoms with Gasteiger partial charge < -0.3 is 10.1 Å². The van der Waals surface area contributed by atoms with Crippen LogP contribution < -0.4 is 15.0 Å². The largest absolute Gasteiger partial charge is 0.495 e. The van der Waals surface area contributed by atoms with Crippen molar-refractivity contribution in [2.24, 2.45) is 4.99 Å². The van der Waals surface area contributed by atoms with Gasteiger partial charge in [-0.2, -0.15) is 0 Å². The fourth-order valence-corrected chi connectivity index (χ4v) is 3.97. The molecule has 1 saturated heterocycles. The molecule has 0 bridgehead atoms. The molecular weight excluding hydrogens is 398 g/mol. The Bertz CT molecular complexity index is 948. The standard InChI is InChI=1S/C20H20ClN3O3S/c1-12-8-9-13(10-14(12)21)24-18(25)11-17(19(24)26)28-20(22-2)23-15-6-4-5-7-16(15)27-3/h4-10,17H,11H2,1-3H3,(H,22,23). The maximum absolute atomic E-state index is 12.9. The summed E-state index contributed by atoms with van der Waals surface area (Å²) in [5.74, 6) is 0.127. The Kier molecular flexibility index (Phi) is 6.26. The zero-order chi connectivity index (χ0) is 20.3. The molecule has 1 N–H and O–H groups in total. The third-order valence-corrected chi connectivity index (χ3v) is 5.89. The number of methoxy groups -OCH3 is 1. The van der Waals surface area contributed by atoms with Crippen LogP contribution in [-0.2, 0) is 9.59 Å². The van der Waals surface area contributed by atoms with Crippen molar-refractivity contribution in [2.45, 2.75) is 18.6 Å². The normalized spacial score (nSPS) is 17.2. The van der Waals surface area contributed by atoms with Crippen molar-refractivity contribution in [1.29, 1.82) is 0 Å². The van der Waals surface area contributed by atoms with Crippen molar-refractivity contribution in [3.8, 4) is 5.75 Å². The second-order valence-electron chi connectivity index (χ2n) is 6.17. The average Bonchev–Trinajstić information content (AvgIpc) is 2.97. The van der Waals surface area contributed by atoms with Crippen LogP contribution in [0.5, 0.6) is 5.75 Å². The van der Waals surface area contributed by atoms with Gasteiger partial charge >= 0.3 is 0 Å². The first-order valence-corrected chi connectivity index (χ1v) is 9.86. The highest BCUT2D eigenvalue weighted by molar-refractivity contribution is 8.15. The maximum atomic E-state index is 12.9. The Hall–Kier alpha value is -2.51. The number of aliphatic imine (C=N–C) groups is 1. The van der Waals surface area contributed by atoms with Crippen LogP contribution in [0.2, 0.25) is 5.02 Å². The summed E-state index contributed by atoms with van der Waals surface area (Å²) in [5, 5.41) is 3.65. The molecule has 2 aromatic rings. The molecule has 0 aliphatic carbocycles. The van der Waals surface area contributed by atoms with Gasteiger partial charge in [-0.25, -0.2) is 4.90 Å². The monoisotopic (exact) mass is 417 g/mol. The zero-order valence-corrected chi connectivity index (χ0v) is 17.3. The number of amidine groups is 1. The smallest absolute Gasteiger partial charge is 0.247 e. The summed E-state index contributed by atoms with van der Waals surface area (Å²) in [6.45, 7) is 1.87. The Balaban J connectivity index is 1.76. The Morgan fingerprint density at radius 2 is 2.04 bits per heavy atom. The molecule has 28 heavy (non-hydrogen) atoms. The van der Waals surface area contributed by atoms with Crippen molar-refractivity contribution in [1.82, 2.24) is 0 Å².